The lowest BCUT2D eigenvalue weighted by atomic mass is 10.2. The van der Waals surface area contributed by atoms with Crippen molar-refractivity contribution in [1.29, 1.82) is 0 Å². The van der Waals surface area contributed by atoms with Crippen molar-refractivity contribution >= 4 is 5.97 Å². The van der Waals surface area contributed by atoms with Gasteiger partial charge in [-0.15, -0.1) is 0 Å². The lowest BCUT2D eigenvalue weighted by Crippen LogP contribution is -2.18. The molecule has 0 aliphatic carbocycles. The first kappa shape index (κ1) is 12.2. The molecule has 0 spiro atoms. The third-order valence-electron chi connectivity index (χ3n) is 1.88. The number of hydrogen-bond acceptors (Lipinski definition) is 4. The molecule has 0 aliphatic rings. The van der Waals surface area contributed by atoms with Crippen LogP contribution in [0.3, 0.4) is 0 Å². The summed E-state index contributed by atoms with van der Waals surface area (Å²) < 4.78 is 33.8. The molecule has 5 nitrogen and oxygen atoms in total. The molecule has 88 valence electrons. The van der Waals surface area contributed by atoms with Crippen molar-refractivity contribution in [3.05, 3.63) is 27.5 Å². The van der Waals surface area contributed by atoms with Crippen molar-refractivity contribution in [2.45, 2.75) is 6.43 Å². The third-order valence-corrected chi connectivity index (χ3v) is 1.88. The summed E-state index contributed by atoms with van der Waals surface area (Å²) in [5.74, 6) is -1.07. The number of H-pyrrole nitrogens is 1. The number of halogens is 2. The molecule has 7 heteroatoms. The topological polar surface area (TPSA) is 68.4 Å². The SMILES string of the molecule is COC(=O)c1cc(C(F)F)c(=O)[nH]c1OC. The van der Waals surface area contributed by atoms with Crippen LogP contribution in [-0.4, -0.2) is 25.2 Å². The molecule has 0 aliphatic heterocycles. The van der Waals surface area contributed by atoms with Gasteiger partial charge in [-0.3, -0.25) is 9.78 Å². The van der Waals surface area contributed by atoms with Gasteiger partial charge in [0, 0.05) is 0 Å². The summed E-state index contributed by atoms with van der Waals surface area (Å²) in [5.41, 5.74) is -2.05. The first-order chi connectivity index (χ1) is 7.51. The molecular weight excluding hydrogens is 224 g/mol. The van der Waals surface area contributed by atoms with Crippen LogP contribution in [0, 0.1) is 0 Å². The molecule has 0 radical (unpaired) electrons. The number of ether oxygens (including phenoxy) is 2. The van der Waals surface area contributed by atoms with E-state index in [9.17, 15) is 18.4 Å². The monoisotopic (exact) mass is 233 g/mol. The lowest BCUT2D eigenvalue weighted by molar-refractivity contribution is 0.0595. The Morgan fingerprint density at radius 3 is 2.50 bits per heavy atom. The number of alkyl halides is 2. The van der Waals surface area contributed by atoms with Crippen LogP contribution in [-0.2, 0) is 4.74 Å². The maximum Gasteiger partial charge on any atom is 0.343 e. The van der Waals surface area contributed by atoms with Gasteiger partial charge in [-0.05, 0) is 6.07 Å². The fourth-order valence-electron chi connectivity index (χ4n) is 1.11. The average molecular weight is 233 g/mol. The minimum Gasteiger partial charge on any atom is -0.482 e. The molecule has 16 heavy (non-hydrogen) atoms. The van der Waals surface area contributed by atoms with Crippen LogP contribution < -0.4 is 10.3 Å². The zero-order chi connectivity index (χ0) is 12.3. The number of esters is 1. The van der Waals surface area contributed by atoms with Crippen molar-refractivity contribution < 1.29 is 23.0 Å². The highest BCUT2D eigenvalue weighted by molar-refractivity contribution is 5.91. The number of methoxy groups -OCH3 is 2. The van der Waals surface area contributed by atoms with E-state index in [4.69, 9.17) is 0 Å². The Hall–Kier alpha value is -1.92. The van der Waals surface area contributed by atoms with Gasteiger partial charge in [0.15, 0.2) is 0 Å². The van der Waals surface area contributed by atoms with E-state index in [-0.39, 0.29) is 11.4 Å². The highest BCUT2D eigenvalue weighted by Gasteiger charge is 2.20. The van der Waals surface area contributed by atoms with Crippen molar-refractivity contribution in [1.82, 2.24) is 4.98 Å². The van der Waals surface area contributed by atoms with Gasteiger partial charge in [-0.1, -0.05) is 0 Å². The number of hydrogen-bond donors (Lipinski definition) is 1. The van der Waals surface area contributed by atoms with Gasteiger partial charge >= 0.3 is 5.97 Å². The Morgan fingerprint density at radius 1 is 1.44 bits per heavy atom. The van der Waals surface area contributed by atoms with Crippen molar-refractivity contribution in [2.24, 2.45) is 0 Å². The number of carbonyl (C=O) groups excluding carboxylic acids is 1. The molecular formula is C9H9F2NO4. The molecule has 0 atom stereocenters. The summed E-state index contributed by atoms with van der Waals surface area (Å²) >= 11 is 0. The molecule has 0 saturated heterocycles. The zero-order valence-corrected chi connectivity index (χ0v) is 8.54. The number of aromatic amines is 1. The van der Waals surface area contributed by atoms with Gasteiger partial charge in [-0.25, -0.2) is 13.6 Å². The van der Waals surface area contributed by atoms with Crippen LogP contribution in [0.4, 0.5) is 8.78 Å². The van der Waals surface area contributed by atoms with E-state index in [2.05, 4.69) is 9.47 Å². The molecule has 0 amide bonds. The molecule has 0 aromatic carbocycles. The summed E-state index contributed by atoms with van der Waals surface area (Å²) in [6.45, 7) is 0. The smallest absolute Gasteiger partial charge is 0.343 e. The van der Waals surface area contributed by atoms with Crippen molar-refractivity contribution in [2.75, 3.05) is 14.2 Å². The standard InChI is InChI=1S/C9H9F2NO4/c1-15-8-5(9(14)16-2)3-4(6(10)11)7(13)12-8/h3,6H,1-2H3,(H,12,13). The number of rotatable bonds is 3. The predicted octanol–water partition coefficient (Wildman–Crippen LogP) is 1.11. The van der Waals surface area contributed by atoms with Gasteiger partial charge in [0.2, 0.25) is 5.88 Å². The molecule has 1 aromatic heterocycles. The fraction of sp³-hybridized carbons (Fsp3) is 0.333. The van der Waals surface area contributed by atoms with E-state index in [0.717, 1.165) is 13.2 Å². The number of carbonyl (C=O) groups is 1. The van der Waals surface area contributed by atoms with E-state index >= 15 is 0 Å². The molecule has 1 aromatic rings. The van der Waals surface area contributed by atoms with Crippen LogP contribution in [0.5, 0.6) is 5.88 Å². The first-order valence-electron chi connectivity index (χ1n) is 4.19. The zero-order valence-electron chi connectivity index (χ0n) is 8.54. The highest BCUT2D eigenvalue weighted by atomic mass is 19.3. The maximum absolute atomic E-state index is 12.4. The summed E-state index contributed by atoms with van der Waals surface area (Å²) in [7, 11) is 2.29. The lowest BCUT2D eigenvalue weighted by Gasteiger charge is -2.07. The average Bonchev–Trinajstić information content (AvgIpc) is 2.27. The van der Waals surface area contributed by atoms with Crippen LogP contribution in [0.1, 0.15) is 22.3 Å². The Morgan fingerprint density at radius 2 is 2.06 bits per heavy atom. The van der Waals surface area contributed by atoms with Gasteiger partial charge in [-0.2, -0.15) is 0 Å². The van der Waals surface area contributed by atoms with E-state index in [1.807, 2.05) is 4.98 Å². The Bertz CT molecular complexity index is 455. The summed E-state index contributed by atoms with van der Waals surface area (Å²) in [5, 5.41) is 0. The van der Waals surface area contributed by atoms with Crippen LogP contribution in [0.25, 0.3) is 0 Å². The van der Waals surface area contributed by atoms with Crippen LogP contribution in [0.2, 0.25) is 0 Å². The minimum atomic E-state index is -2.97. The minimum absolute atomic E-state index is 0.207. The predicted molar refractivity (Wildman–Crippen MR) is 49.9 cm³/mol. The summed E-state index contributed by atoms with van der Waals surface area (Å²) in [6.07, 6.45) is -2.97. The molecule has 1 heterocycles. The van der Waals surface area contributed by atoms with Gasteiger partial charge < -0.3 is 9.47 Å². The van der Waals surface area contributed by atoms with Gasteiger partial charge in [0.1, 0.15) is 5.56 Å². The van der Waals surface area contributed by atoms with E-state index in [1.165, 1.54) is 7.11 Å². The second kappa shape index (κ2) is 4.73. The van der Waals surface area contributed by atoms with Crippen LogP contribution >= 0.6 is 0 Å². The number of aromatic nitrogens is 1. The first-order valence-corrected chi connectivity index (χ1v) is 4.19. The fourth-order valence-corrected chi connectivity index (χ4v) is 1.11. The van der Waals surface area contributed by atoms with Gasteiger partial charge in [0.25, 0.3) is 12.0 Å². The van der Waals surface area contributed by atoms with Crippen molar-refractivity contribution in [3.63, 3.8) is 0 Å². The largest absolute Gasteiger partial charge is 0.482 e. The second-order valence-electron chi connectivity index (χ2n) is 2.79. The summed E-state index contributed by atoms with van der Waals surface area (Å²) in [6, 6.07) is 0.758. The Balaban J connectivity index is 3.40. The van der Waals surface area contributed by atoms with E-state index < -0.39 is 23.5 Å². The Kier molecular flexibility index (Phi) is 3.60. The molecule has 0 saturated carbocycles. The highest BCUT2D eigenvalue weighted by Crippen LogP contribution is 2.20. The third kappa shape index (κ3) is 2.18. The quantitative estimate of drug-likeness (QED) is 0.794. The van der Waals surface area contributed by atoms with Gasteiger partial charge in [0.05, 0.1) is 19.8 Å². The Labute approximate surface area is 89.0 Å². The normalized spacial score (nSPS) is 10.3. The van der Waals surface area contributed by atoms with Crippen molar-refractivity contribution in [3.8, 4) is 5.88 Å². The van der Waals surface area contributed by atoms with E-state index in [0.29, 0.717) is 0 Å². The summed E-state index contributed by atoms with van der Waals surface area (Å²) in [4.78, 5) is 24.4. The molecule has 1 rings (SSSR count). The maximum atomic E-state index is 12.4. The molecule has 0 fully saturated rings. The number of pyridine rings is 1. The number of nitrogens with one attached hydrogen (secondary N) is 1. The second-order valence-corrected chi connectivity index (χ2v) is 2.79. The molecule has 0 unspecified atom stereocenters. The molecule has 1 N–H and O–H groups in total. The van der Waals surface area contributed by atoms with Crippen LogP contribution in [0.15, 0.2) is 10.9 Å². The van der Waals surface area contributed by atoms with E-state index in [1.54, 1.807) is 0 Å². The molecule has 0 bridgehead atoms.